The third-order valence-electron chi connectivity index (χ3n) is 2.89. The highest BCUT2D eigenvalue weighted by Gasteiger charge is 2.17. The first-order valence-corrected chi connectivity index (χ1v) is 8.95. The molecule has 0 aliphatic heterocycles. The number of hydrogen-bond donors (Lipinski definition) is 2. The Morgan fingerprint density at radius 2 is 1.88 bits per heavy atom. The van der Waals surface area contributed by atoms with Crippen LogP contribution in [0.15, 0.2) is 47.4 Å². The van der Waals surface area contributed by atoms with Crippen molar-refractivity contribution < 1.29 is 17.9 Å². The van der Waals surface area contributed by atoms with Gasteiger partial charge in [-0.2, -0.15) is 5.26 Å². The van der Waals surface area contributed by atoms with E-state index in [-0.39, 0.29) is 26.3 Å². The molecule has 1 amide bonds. The van der Waals surface area contributed by atoms with Crippen molar-refractivity contribution in [3.63, 3.8) is 0 Å². The Labute approximate surface area is 154 Å². The zero-order valence-electron chi connectivity index (χ0n) is 12.5. The second-order valence-corrected chi connectivity index (χ2v) is 7.12. The van der Waals surface area contributed by atoms with E-state index in [1.807, 2.05) is 16.3 Å². The van der Waals surface area contributed by atoms with Crippen LogP contribution in [0.1, 0.15) is 5.56 Å². The summed E-state index contributed by atoms with van der Waals surface area (Å²) in [6.45, 7) is -0.484. The third-order valence-corrected chi connectivity index (χ3v) is 4.88. The first kappa shape index (κ1) is 19.0. The van der Waals surface area contributed by atoms with Crippen molar-refractivity contribution >= 4 is 39.1 Å². The van der Waals surface area contributed by atoms with Crippen LogP contribution in [0.4, 0.5) is 0 Å². The van der Waals surface area contributed by atoms with Gasteiger partial charge in [-0.3, -0.25) is 10.2 Å². The molecule has 0 aromatic heterocycles. The molecule has 10 heteroatoms. The Morgan fingerprint density at radius 3 is 2.56 bits per heavy atom. The molecular weight excluding hydrogens is 389 g/mol. The molecule has 0 spiro atoms. The first-order valence-electron chi connectivity index (χ1n) is 6.71. The summed E-state index contributed by atoms with van der Waals surface area (Å²) in [6, 6.07) is 12.0. The van der Waals surface area contributed by atoms with E-state index < -0.39 is 22.5 Å². The van der Waals surface area contributed by atoms with Gasteiger partial charge in [0.25, 0.3) is 15.9 Å². The van der Waals surface area contributed by atoms with Crippen LogP contribution in [-0.4, -0.2) is 20.9 Å². The van der Waals surface area contributed by atoms with Gasteiger partial charge in [0.15, 0.2) is 6.61 Å². The summed E-state index contributed by atoms with van der Waals surface area (Å²) in [6.07, 6.45) is 0. The number of sulfonamides is 1. The van der Waals surface area contributed by atoms with Crippen molar-refractivity contribution in [1.29, 1.82) is 5.26 Å². The second kappa shape index (κ2) is 8.18. The summed E-state index contributed by atoms with van der Waals surface area (Å²) < 4.78 is 29.3. The van der Waals surface area contributed by atoms with Gasteiger partial charge in [0.05, 0.1) is 20.5 Å². The normalized spacial score (nSPS) is 10.8. The van der Waals surface area contributed by atoms with Crippen LogP contribution in [0.5, 0.6) is 5.75 Å². The van der Waals surface area contributed by atoms with Gasteiger partial charge in [-0.1, -0.05) is 35.3 Å². The van der Waals surface area contributed by atoms with Gasteiger partial charge in [-0.15, -0.1) is 4.83 Å². The maximum absolute atomic E-state index is 12.1. The van der Waals surface area contributed by atoms with Gasteiger partial charge in [0, 0.05) is 0 Å². The predicted octanol–water partition coefficient (Wildman–Crippen LogP) is 2.25. The molecule has 0 unspecified atom stereocenters. The zero-order chi connectivity index (χ0) is 18.4. The zero-order valence-corrected chi connectivity index (χ0v) is 14.8. The van der Waals surface area contributed by atoms with E-state index in [9.17, 15) is 13.2 Å². The summed E-state index contributed by atoms with van der Waals surface area (Å²) in [5, 5.41) is 9.18. The molecule has 0 saturated carbocycles. The second-order valence-electron chi connectivity index (χ2n) is 4.63. The molecule has 2 aromatic carbocycles. The van der Waals surface area contributed by atoms with Crippen molar-refractivity contribution in [3.8, 4) is 11.8 Å². The van der Waals surface area contributed by atoms with E-state index in [0.717, 1.165) is 6.07 Å². The van der Waals surface area contributed by atoms with Gasteiger partial charge in [0.1, 0.15) is 11.8 Å². The monoisotopic (exact) mass is 399 g/mol. The highest BCUT2D eigenvalue weighted by molar-refractivity contribution is 7.89. The molecule has 130 valence electrons. The van der Waals surface area contributed by atoms with Crippen LogP contribution in [0.25, 0.3) is 0 Å². The van der Waals surface area contributed by atoms with Gasteiger partial charge < -0.3 is 4.74 Å². The smallest absolute Gasteiger partial charge is 0.272 e. The number of ether oxygens (including phenoxy) is 1. The van der Waals surface area contributed by atoms with E-state index in [1.54, 1.807) is 12.1 Å². The average molecular weight is 400 g/mol. The Hall–Kier alpha value is -2.31. The van der Waals surface area contributed by atoms with Crippen molar-refractivity contribution in [1.82, 2.24) is 10.3 Å². The number of carbonyl (C=O) groups excluding carboxylic acids is 1. The van der Waals surface area contributed by atoms with Crippen LogP contribution in [0.3, 0.4) is 0 Å². The highest BCUT2D eigenvalue weighted by atomic mass is 35.5. The summed E-state index contributed by atoms with van der Waals surface area (Å²) in [4.78, 5) is 13.5. The number of rotatable bonds is 6. The molecule has 0 aliphatic rings. The van der Waals surface area contributed by atoms with Crippen molar-refractivity contribution in [2.24, 2.45) is 0 Å². The maximum Gasteiger partial charge on any atom is 0.272 e. The summed E-state index contributed by atoms with van der Waals surface area (Å²) in [7, 11) is -4.02. The number of benzene rings is 2. The fraction of sp³-hybridized carbons (Fsp3) is 0.0667. The van der Waals surface area contributed by atoms with E-state index in [1.165, 1.54) is 24.3 Å². The summed E-state index contributed by atoms with van der Waals surface area (Å²) in [5.74, 6) is -0.538. The lowest BCUT2D eigenvalue weighted by molar-refractivity contribution is -0.123. The van der Waals surface area contributed by atoms with Gasteiger partial charge in [0.2, 0.25) is 0 Å². The lowest BCUT2D eigenvalue weighted by Crippen LogP contribution is -2.43. The van der Waals surface area contributed by atoms with Crippen LogP contribution in [0, 0.1) is 11.3 Å². The molecule has 0 bridgehead atoms. The minimum Gasteiger partial charge on any atom is -0.482 e. The van der Waals surface area contributed by atoms with Crippen molar-refractivity contribution in [2.45, 2.75) is 4.90 Å². The van der Waals surface area contributed by atoms with Crippen molar-refractivity contribution in [3.05, 3.63) is 58.1 Å². The molecule has 2 rings (SSSR count). The molecule has 25 heavy (non-hydrogen) atoms. The van der Waals surface area contributed by atoms with E-state index in [4.69, 9.17) is 33.2 Å². The molecule has 0 atom stereocenters. The summed E-state index contributed by atoms with van der Waals surface area (Å²) in [5.41, 5.74) is 2.26. The largest absolute Gasteiger partial charge is 0.482 e. The minimum atomic E-state index is -4.02. The average Bonchev–Trinajstić information content (AvgIpc) is 2.60. The molecule has 0 fully saturated rings. The number of nitriles is 1. The maximum atomic E-state index is 12.1. The quantitative estimate of drug-likeness (QED) is 0.724. The van der Waals surface area contributed by atoms with E-state index >= 15 is 0 Å². The van der Waals surface area contributed by atoms with Crippen LogP contribution < -0.4 is 15.0 Å². The Balaban J connectivity index is 1.95. The minimum absolute atomic E-state index is 0.0623. The number of amides is 1. The lowest BCUT2D eigenvalue weighted by atomic mass is 10.2. The fourth-order valence-electron chi connectivity index (χ4n) is 1.69. The molecule has 0 radical (unpaired) electrons. The number of para-hydroxylation sites is 1. The number of carbonyl (C=O) groups is 1. The Morgan fingerprint density at radius 1 is 1.16 bits per heavy atom. The number of nitrogens with zero attached hydrogens (tertiary/aromatic N) is 1. The van der Waals surface area contributed by atoms with Crippen molar-refractivity contribution in [2.75, 3.05) is 6.61 Å². The third kappa shape index (κ3) is 5.08. The summed E-state index contributed by atoms with van der Waals surface area (Å²) >= 11 is 11.5. The number of nitrogens with one attached hydrogen (secondary N) is 2. The lowest BCUT2D eigenvalue weighted by Gasteiger charge is -2.10. The molecule has 0 heterocycles. The van der Waals surface area contributed by atoms with Gasteiger partial charge in [-0.25, -0.2) is 8.42 Å². The molecule has 2 aromatic rings. The predicted molar refractivity (Wildman–Crippen MR) is 91.6 cm³/mol. The van der Waals surface area contributed by atoms with Gasteiger partial charge in [-0.05, 0) is 30.3 Å². The Bertz CT molecular complexity index is 942. The fourth-order valence-corrected chi connectivity index (χ4v) is 2.94. The molecular formula is C15H11Cl2N3O4S. The topological polar surface area (TPSA) is 108 Å². The number of halogens is 2. The molecule has 7 nitrogen and oxygen atoms in total. The molecule has 2 N–H and O–H groups in total. The Kier molecular flexibility index (Phi) is 6.22. The molecule has 0 aliphatic carbocycles. The van der Waals surface area contributed by atoms with Gasteiger partial charge >= 0.3 is 0 Å². The SMILES string of the molecule is N#Cc1ccccc1OCC(=O)NNS(=O)(=O)c1ccc(Cl)c(Cl)c1. The van der Waals surface area contributed by atoms with Crippen LogP contribution in [0.2, 0.25) is 10.0 Å². The number of hydrogen-bond acceptors (Lipinski definition) is 5. The van der Waals surface area contributed by atoms with Crippen LogP contribution >= 0.6 is 23.2 Å². The first-order chi connectivity index (χ1) is 11.8. The number of hydrazine groups is 1. The van der Waals surface area contributed by atoms with Crippen LogP contribution in [-0.2, 0) is 14.8 Å². The van der Waals surface area contributed by atoms with E-state index in [0.29, 0.717) is 0 Å². The van der Waals surface area contributed by atoms with E-state index in [2.05, 4.69) is 0 Å². The highest BCUT2D eigenvalue weighted by Crippen LogP contribution is 2.24. The standard InChI is InChI=1S/C15H11Cl2N3O4S/c16-12-6-5-11(7-13(12)17)25(22,23)20-19-15(21)9-24-14-4-2-1-3-10(14)8-18/h1-7,20H,9H2,(H,19,21). The molecule has 0 saturated heterocycles.